The molecule has 1 aliphatic heterocycles. The molecule has 0 aromatic heterocycles. The minimum Gasteiger partial charge on any atom is -0.343 e. The van der Waals surface area contributed by atoms with E-state index in [2.05, 4.69) is 61.8 Å². The Balaban J connectivity index is 2.49. The van der Waals surface area contributed by atoms with E-state index in [1.165, 1.54) is 5.56 Å². The van der Waals surface area contributed by atoms with Gasteiger partial charge in [-0.25, -0.2) is 0 Å². The molecule has 0 unspecified atom stereocenters. The van der Waals surface area contributed by atoms with Crippen molar-refractivity contribution in [1.82, 2.24) is 0 Å². The summed E-state index contributed by atoms with van der Waals surface area (Å²) >= 11 is 3.62. The maximum Gasteiger partial charge on any atom is 0.195 e. The molecule has 1 fully saturated rings. The van der Waals surface area contributed by atoms with Crippen molar-refractivity contribution in [3.8, 4) is 0 Å². The lowest BCUT2D eigenvalue weighted by Gasteiger charge is -2.29. The topological polar surface area (TPSA) is 18.5 Å². The molecule has 0 aliphatic carbocycles. The third kappa shape index (κ3) is 2.49. The normalized spacial score (nSPS) is 19.2. The average Bonchev–Trinajstić information content (AvgIpc) is 2.77. The SMILES string of the molecule is CCC1(c2cc(C(C)(C)C)ccc2Br)OCCO1. The summed E-state index contributed by atoms with van der Waals surface area (Å²) in [4.78, 5) is 0. The lowest BCUT2D eigenvalue weighted by atomic mass is 9.85. The molecular formula is C15H21BrO2. The molecule has 0 atom stereocenters. The van der Waals surface area contributed by atoms with Crippen LogP contribution in [0.3, 0.4) is 0 Å². The lowest BCUT2D eigenvalue weighted by molar-refractivity contribution is -0.168. The van der Waals surface area contributed by atoms with E-state index in [0.717, 1.165) is 16.5 Å². The van der Waals surface area contributed by atoms with E-state index in [-0.39, 0.29) is 5.41 Å². The van der Waals surface area contributed by atoms with E-state index < -0.39 is 5.79 Å². The first-order valence-corrected chi connectivity index (χ1v) is 7.27. The first-order valence-electron chi connectivity index (χ1n) is 6.47. The molecule has 2 rings (SSSR count). The van der Waals surface area contributed by atoms with Crippen molar-refractivity contribution in [3.05, 3.63) is 33.8 Å². The second kappa shape index (κ2) is 4.95. The molecule has 0 N–H and O–H groups in total. The zero-order valence-corrected chi connectivity index (χ0v) is 13.1. The van der Waals surface area contributed by atoms with Gasteiger partial charge in [0.2, 0.25) is 0 Å². The molecule has 1 aromatic carbocycles. The van der Waals surface area contributed by atoms with E-state index in [4.69, 9.17) is 9.47 Å². The van der Waals surface area contributed by atoms with Crippen LogP contribution in [-0.2, 0) is 20.7 Å². The monoisotopic (exact) mass is 312 g/mol. The van der Waals surface area contributed by atoms with E-state index in [1.54, 1.807) is 0 Å². The van der Waals surface area contributed by atoms with Crippen LogP contribution in [0.15, 0.2) is 22.7 Å². The molecular weight excluding hydrogens is 292 g/mol. The minimum absolute atomic E-state index is 0.128. The van der Waals surface area contributed by atoms with E-state index in [0.29, 0.717) is 13.2 Å². The number of hydrogen-bond acceptors (Lipinski definition) is 2. The van der Waals surface area contributed by atoms with Crippen LogP contribution in [-0.4, -0.2) is 13.2 Å². The maximum absolute atomic E-state index is 5.87. The number of halogens is 1. The fourth-order valence-corrected chi connectivity index (χ4v) is 2.84. The van der Waals surface area contributed by atoms with E-state index in [9.17, 15) is 0 Å². The van der Waals surface area contributed by atoms with Crippen molar-refractivity contribution < 1.29 is 9.47 Å². The number of ether oxygens (including phenoxy) is 2. The van der Waals surface area contributed by atoms with Crippen LogP contribution in [0.25, 0.3) is 0 Å². The fraction of sp³-hybridized carbons (Fsp3) is 0.600. The molecule has 0 bridgehead atoms. The molecule has 1 aromatic rings. The van der Waals surface area contributed by atoms with Gasteiger partial charge in [0.25, 0.3) is 0 Å². The first kappa shape index (κ1) is 14.0. The van der Waals surface area contributed by atoms with Crippen LogP contribution < -0.4 is 0 Å². The molecule has 18 heavy (non-hydrogen) atoms. The smallest absolute Gasteiger partial charge is 0.195 e. The Labute approximate surface area is 118 Å². The molecule has 1 heterocycles. The predicted octanol–water partition coefficient (Wildman–Crippen LogP) is 4.36. The molecule has 2 nitrogen and oxygen atoms in total. The van der Waals surface area contributed by atoms with Gasteiger partial charge in [-0.05, 0) is 23.1 Å². The largest absolute Gasteiger partial charge is 0.343 e. The molecule has 3 heteroatoms. The first-order chi connectivity index (χ1) is 8.39. The van der Waals surface area contributed by atoms with Gasteiger partial charge in [-0.2, -0.15) is 0 Å². The highest BCUT2D eigenvalue weighted by molar-refractivity contribution is 9.10. The van der Waals surface area contributed by atoms with Gasteiger partial charge in [0.15, 0.2) is 5.79 Å². The van der Waals surface area contributed by atoms with E-state index >= 15 is 0 Å². The average molecular weight is 313 g/mol. The Morgan fingerprint density at radius 3 is 2.33 bits per heavy atom. The van der Waals surface area contributed by atoms with Crippen molar-refractivity contribution in [2.75, 3.05) is 13.2 Å². The summed E-state index contributed by atoms with van der Waals surface area (Å²) in [6, 6.07) is 6.46. The van der Waals surface area contributed by atoms with Crippen LogP contribution in [0.5, 0.6) is 0 Å². The van der Waals surface area contributed by atoms with Crippen LogP contribution in [0.2, 0.25) is 0 Å². The third-order valence-corrected chi connectivity index (χ3v) is 4.15. The second-order valence-electron chi connectivity index (χ2n) is 5.75. The highest BCUT2D eigenvalue weighted by Gasteiger charge is 2.38. The Bertz CT molecular complexity index is 429. The molecule has 0 spiro atoms. The van der Waals surface area contributed by atoms with Gasteiger partial charge in [0, 0.05) is 16.5 Å². The summed E-state index contributed by atoms with van der Waals surface area (Å²) in [5, 5.41) is 0. The van der Waals surface area contributed by atoms with Crippen molar-refractivity contribution in [2.24, 2.45) is 0 Å². The highest BCUT2D eigenvalue weighted by atomic mass is 79.9. The lowest BCUT2D eigenvalue weighted by Crippen LogP contribution is -2.27. The van der Waals surface area contributed by atoms with Gasteiger partial charge in [-0.1, -0.05) is 49.7 Å². The van der Waals surface area contributed by atoms with Crippen LogP contribution in [0.1, 0.15) is 45.2 Å². The van der Waals surface area contributed by atoms with Crippen LogP contribution in [0, 0.1) is 0 Å². The minimum atomic E-state index is -0.569. The summed E-state index contributed by atoms with van der Waals surface area (Å²) in [5.74, 6) is -0.569. The van der Waals surface area contributed by atoms with Crippen molar-refractivity contribution in [1.29, 1.82) is 0 Å². The summed E-state index contributed by atoms with van der Waals surface area (Å²) in [6.45, 7) is 10.1. The second-order valence-corrected chi connectivity index (χ2v) is 6.60. The van der Waals surface area contributed by atoms with Gasteiger partial charge in [0.1, 0.15) is 0 Å². The number of benzene rings is 1. The maximum atomic E-state index is 5.87. The Morgan fingerprint density at radius 2 is 1.83 bits per heavy atom. The van der Waals surface area contributed by atoms with Crippen molar-refractivity contribution in [2.45, 2.75) is 45.3 Å². The summed E-state index contributed by atoms with van der Waals surface area (Å²) in [5.41, 5.74) is 2.53. The Hall–Kier alpha value is -0.380. The number of rotatable bonds is 2. The van der Waals surface area contributed by atoms with Crippen LogP contribution >= 0.6 is 15.9 Å². The molecule has 100 valence electrons. The Kier molecular flexibility index (Phi) is 3.86. The summed E-state index contributed by atoms with van der Waals surface area (Å²) in [6.07, 6.45) is 0.819. The summed E-state index contributed by atoms with van der Waals surface area (Å²) < 4.78 is 12.8. The van der Waals surface area contributed by atoms with Crippen molar-refractivity contribution >= 4 is 15.9 Å². The zero-order valence-electron chi connectivity index (χ0n) is 11.5. The fourth-order valence-electron chi connectivity index (χ4n) is 2.29. The van der Waals surface area contributed by atoms with Gasteiger partial charge >= 0.3 is 0 Å². The van der Waals surface area contributed by atoms with Gasteiger partial charge in [-0.3, -0.25) is 0 Å². The van der Waals surface area contributed by atoms with Crippen molar-refractivity contribution in [3.63, 3.8) is 0 Å². The third-order valence-electron chi connectivity index (χ3n) is 3.46. The van der Waals surface area contributed by atoms with Gasteiger partial charge in [0.05, 0.1) is 13.2 Å². The Morgan fingerprint density at radius 1 is 1.22 bits per heavy atom. The predicted molar refractivity (Wildman–Crippen MR) is 76.7 cm³/mol. The standard InChI is InChI=1S/C15H21BrO2/c1-5-15(17-8-9-18-15)12-10-11(14(2,3)4)6-7-13(12)16/h6-7,10H,5,8-9H2,1-4H3. The van der Waals surface area contributed by atoms with Gasteiger partial charge in [-0.15, -0.1) is 0 Å². The molecule has 0 amide bonds. The molecule has 0 saturated carbocycles. The highest BCUT2D eigenvalue weighted by Crippen LogP contribution is 2.40. The van der Waals surface area contributed by atoms with E-state index in [1.807, 2.05) is 0 Å². The van der Waals surface area contributed by atoms with Gasteiger partial charge < -0.3 is 9.47 Å². The van der Waals surface area contributed by atoms with Crippen LogP contribution in [0.4, 0.5) is 0 Å². The molecule has 1 saturated heterocycles. The summed E-state index contributed by atoms with van der Waals surface area (Å²) in [7, 11) is 0. The molecule has 0 radical (unpaired) electrons. The molecule has 1 aliphatic rings. The number of hydrogen-bond donors (Lipinski definition) is 0. The zero-order chi connectivity index (χ0) is 13.4. The quantitative estimate of drug-likeness (QED) is 0.808.